The predicted octanol–water partition coefficient (Wildman–Crippen LogP) is 2.09. The van der Waals surface area contributed by atoms with Crippen LogP contribution in [-0.4, -0.2) is 33.7 Å². The number of rotatable bonds is 3. The van der Waals surface area contributed by atoms with Gasteiger partial charge in [0.05, 0.1) is 6.04 Å². The van der Waals surface area contributed by atoms with Gasteiger partial charge in [-0.3, -0.25) is 9.48 Å². The lowest BCUT2D eigenvalue weighted by molar-refractivity contribution is -0.133. The fourth-order valence-electron chi connectivity index (χ4n) is 2.37. The molecule has 1 fully saturated rings. The van der Waals surface area contributed by atoms with Crippen molar-refractivity contribution in [3.05, 3.63) is 18.5 Å². The van der Waals surface area contributed by atoms with Crippen molar-refractivity contribution in [1.82, 2.24) is 14.7 Å². The van der Waals surface area contributed by atoms with E-state index < -0.39 is 0 Å². The normalized spacial score (nSPS) is 20.9. The molecule has 1 atom stereocenters. The van der Waals surface area contributed by atoms with Crippen molar-refractivity contribution in [2.75, 3.05) is 13.1 Å². The third-order valence-electron chi connectivity index (χ3n) is 3.23. The second-order valence-electron chi connectivity index (χ2n) is 5.22. The van der Waals surface area contributed by atoms with Crippen molar-refractivity contribution in [1.29, 1.82) is 0 Å². The largest absolute Gasteiger partial charge is 0.341 e. The summed E-state index contributed by atoms with van der Waals surface area (Å²) in [6.07, 6.45) is 6.64. The number of carbonyl (C=O) groups is 1. The van der Waals surface area contributed by atoms with Crippen LogP contribution in [0.4, 0.5) is 0 Å². The first kappa shape index (κ1) is 12.1. The molecule has 94 valence electrons. The Labute approximate surface area is 103 Å². The van der Waals surface area contributed by atoms with Gasteiger partial charge in [-0.2, -0.15) is 5.10 Å². The highest BCUT2D eigenvalue weighted by atomic mass is 16.2. The number of carbonyl (C=O) groups excluding carboxylic acids is 1. The van der Waals surface area contributed by atoms with Crippen molar-refractivity contribution in [2.24, 2.45) is 5.92 Å². The second kappa shape index (κ2) is 5.34. The molecule has 0 saturated carbocycles. The Morgan fingerprint density at radius 3 is 3.00 bits per heavy atom. The molecule has 0 spiro atoms. The molecule has 1 saturated heterocycles. The Morgan fingerprint density at radius 2 is 2.35 bits per heavy atom. The van der Waals surface area contributed by atoms with Gasteiger partial charge in [0.25, 0.3) is 0 Å². The molecule has 0 aromatic carbocycles. The van der Waals surface area contributed by atoms with Gasteiger partial charge in [0.2, 0.25) is 5.91 Å². The molecule has 0 N–H and O–H groups in total. The summed E-state index contributed by atoms with van der Waals surface area (Å²) in [4.78, 5) is 14.0. The van der Waals surface area contributed by atoms with E-state index in [1.165, 1.54) is 0 Å². The quantitative estimate of drug-likeness (QED) is 0.804. The van der Waals surface area contributed by atoms with Crippen molar-refractivity contribution in [2.45, 2.75) is 39.2 Å². The minimum atomic E-state index is 0.289. The van der Waals surface area contributed by atoms with Gasteiger partial charge >= 0.3 is 0 Å². The standard InChI is InChI=1S/C13H21N3O/c1-11(2)9-13(17)15-7-3-5-12(10-15)16-8-4-6-14-16/h4,6,8,11-12H,3,5,7,9-10H2,1-2H3. The summed E-state index contributed by atoms with van der Waals surface area (Å²) in [5, 5.41) is 4.27. The van der Waals surface area contributed by atoms with Crippen LogP contribution in [0.5, 0.6) is 0 Å². The first-order valence-corrected chi connectivity index (χ1v) is 6.43. The van der Waals surface area contributed by atoms with E-state index in [1.54, 1.807) is 6.20 Å². The van der Waals surface area contributed by atoms with E-state index in [0.29, 0.717) is 18.4 Å². The van der Waals surface area contributed by atoms with E-state index in [4.69, 9.17) is 0 Å². The number of aromatic nitrogens is 2. The highest BCUT2D eigenvalue weighted by Gasteiger charge is 2.24. The summed E-state index contributed by atoms with van der Waals surface area (Å²) < 4.78 is 1.98. The molecule has 1 aromatic heterocycles. The van der Waals surface area contributed by atoms with Crippen LogP contribution in [0.2, 0.25) is 0 Å². The molecular weight excluding hydrogens is 214 g/mol. The molecular formula is C13H21N3O. The summed E-state index contributed by atoms with van der Waals surface area (Å²) in [6.45, 7) is 5.90. The first-order valence-electron chi connectivity index (χ1n) is 6.43. The molecule has 1 aliphatic heterocycles. The van der Waals surface area contributed by atoms with Crippen molar-refractivity contribution >= 4 is 5.91 Å². The topological polar surface area (TPSA) is 38.1 Å². The molecule has 17 heavy (non-hydrogen) atoms. The lowest BCUT2D eigenvalue weighted by Crippen LogP contribution is -2.41. The number of hydrogen-bond acceptors (Lipinski definition) is 2. The molecule has 2 heterocycles. The number of piperidine rings is 1. The van der Waals surface area contributed by atoms with Crippen molar-refractivity contribution < 1.29 is 4.79 Å². The first-order chi connectivity index (χ1) is 8.16. The van der Waals surface area contributed by atoms with E-state index in [0.717, 1.165) is 25.9 Å². The monoisotopic (exact) mass is 235 g/mol. The van der Waals surface area contributed by atoms with Gasteiger partial charge in [-0.05, 0) is 24.8 Å². The van der Waals surface area contributed by atoms with Gasteiger partial charge in [-0.15, -0.1) is 0 Å². The molecule has 0 radical (unpaired) electrons. The third-order valence-corrected chi connectivity index (χ3v) is 3.23. The van der Waals surface area contributed by atoms with Crippen molar-refractivity contribution in [3.63, 3.8) is 0 Å². The maximum absolute atomic E-state index is 12.0. The van der Waals surface area contributed by atoms with Gasteiger partial charge in [-0.25, -0.2) is 0 Å². The summed E-state index contributed by atoms with van der Waals surface area (Å²) in [6, 6.07) is 2.30. The Hall–Kier alpha value is -1.32. The maximum Gasteiger partial charge on any atom is 0.222 e. The molecule has 1 aromatic rings. The van der Waals surface area contributed by atoms with Crippen LogP contribution < -0.4 is 0 Å². The third kappa shape index (κ3) is 3.08. The number of amides is 1. The van der Waals surface area contributed by atoms with E-state index in [1.807, 2.05) is 21.8 Å². The smallest absolute Gasteiger partial charge is 0.222 e. The zero-order valence-corrected chi connectivity index (χ0v) is 10.7. The van der Waals surface area contributed by atoms with Crippen LogP contribution in [0.25, 0.3) is 0 Å². The summed E-state index contributed by atoms with van der Waals surface area (Å²) >= 11 is 0. The van der Waals surface area contributed by atoms with Gasteiger partial charge in [-0.1, -0.05) is 13.8 Å². The zero-order valence-electron chi connectivity index (χ0n) is 10.7. The Morgan fingerprint density at radius 1 is 1.53 bits per heavy atom. The lowest BCUT2D eigenvalue weighted by atomic mass is 10.0. The van der Waals surface area contributed by atoms with Gasteiger partial charge < -0.3 is 4.90 Å². The minimum Gasteiger partial charge on any atom is -0.341 e. The van der Waals surface area contributed by atoms with Crippen LogP contribution in [-0.2, 0) is 4.79 Å². The average Bonchev–Trinajstić information content (AvgIpc) is 2.82. The van der Waals surface area contributed by atoms with Crippen molar-refractivity contribution in [3.8, 4) is 0 Å². The van der Waals surface area contributed by atoms with Crippen LogP contribution in [0, 0.1) is 5.92 Å². The Balaban J connectivity index is 1.95. The molecule has 1 amide bonds. The highest BCUT2D eigenvalue weighted by Crippen LogP contribution is 2.21. The highest BCUT2D eigenvalue weighted by molar-refractivity contribution is 5.76. The van der Waals surface area contributed by atoms with E-state index in [2.05, 4.69) is 18.9 Å². The molecule has 2 rings (SSSR count). The predicted molar refractivity (Wildman–Crippen MR) is 66.5 cm³/mol. The number of likely N-dealkylation sites (tertiary alicyclic amines) is 1. The maximum atomic E-state index is 12.0. The fourth-order valence-corrected chi connectivity index (χ4v) is 2.37. The van der Waals surface area contributed by atoms with Gasteiger partial charge in [0.1, 0.15) is 0 Å². The summed E-state index contributed by atoms with van der Waals surface area (Å²) in [5.74, 6) is 0.726. The zero-order chi connectivity index (χ0) is 12.3. The summed E-state index contributed by atoms with van der Waals surface area (Å²) in [7, 11) is 0. The molecule has 4 nitrogen and oxygen atoms in total. The van der Waals surface area contributed by atoms with E-state index in [9.17, 15) is 4.79 Å². The van der Waals surface area contributed by atoms with Crippen LogP contribution in [0.1, 0.15) is 39.2 Å². The number of hydrogen-bond donors (Lipinski definition) is 0. The van der Waals surface area contributed by atoms with E-state index in [-0.39, 0.29) is 5.91 Å². The molecule has 0 bridgehead atoms. The molecule has 1 unspecified atom stereocenters. The van der Waals surface area contributed by atoms with E-state index >= 15 is 0 Å². The molecule has 4 heteroatoms. The number of nitrogens with zero attached hydrogens (tertiary/aromatic N) is 3. The molecule has 0 aliphatic carbocycles. The Bertz CT molecular complexity index is 359. The summed E-state index contributed by atoms with van der Waals surface area (Å²) in [5.41, 5.74) is 0. The SMILES string of the molecule is CC(C)CC(=O)N1CCCC(n2cccn2)C1. The fraction of sp³-hybridized carbons (Fsp3) is 0.692. The second-order valence-corrected chi connectivity index (χ2v) is 5.22. The molecule has 1 aliphatic rings. The van der Waals surface area contributed by atoms with Gasteiger partial charge in [0.15, 0.2) is 0 Å². The lowest BCUT2D eigenvalue weighted by Gasteiger charge is -2.33. The van der Waals surface area contributed by atoms with Crippen LogP contribution in [0.15, 0.2) is 18.5 Å². The van der Waals surface area contributed by atoms with Gasteiger partial charge in [0, 0.05) is 31.9 Å². The van der Waals surface area contributed by atoms with Crippen LogP contribution in [0.3, 0.4) is 0 Å². The van der Waals surface area contributed by atoms with Crippen LogP contribution >= 0.6 is 0 Å². The Kier molecular flexibility index (Phi) is 3.82. The average molecular weight is 235 g/mol. The minimum absolute atomic E-state index is 0.289.